The first-order valence-corrected chi connectivity index (χ1v) is 9.19. The lowest BCUT2D eigenvalue weighted by Gasteiger charge is -2.15. The van der Waals surface area contributed by atoms with Gasteiger partial charge in [-0.25, -0.2) is 4.79 Å². The van der Waals surface area contributed by atoms with Gasteiger partial charge in [0.25, 0.3) is 0 Å². The van der Waals surface area contributed by atoms with Crippen LogP contribution in [0.4, 0.5) is 5.69 Å². The molecule has 0 saturated carbocycles. The van der Waals surface area contributed by atoms with Gasteiger partial charge in [-0.2, -0.15) is 0 Å². The molecule has 1 N–H and O–H groups in total. The number of rotatable bonds is 6. The first-order chi connectivity index (χ1) is 11.9. The van der Waals surface area contributed by atoms with Crippen molar-refractivity contribution in [3.8, 4) is 0 Å². The Kier molecular flexibility index (Phi) is 7.17. The van der Waals surface area contributed by atoms with E-state index in [1.807, 2.05) is 19.1 Å². The second-order valence-electron chi connectivity index (χ2n) is 5.14. The summed E-state index contributed by atoms with van der Waals surface area (Å²) in [7, 11) is 1.28. The van der Waals surface area contributed by atoms with Crippen molar-refractivity contribution in [1.29, 1.82) is 0 Å². The molecule has 1 atom stereocenters. The minimum absolute atomic E-state index is 0.152. The molecule has 0 saturated heterocycles. The molecule has 2 rings (SSSR count). The Labute approximate surface area is 160 Å². The summed E-state index contributed by atoms with van der Waals surface area (Å²) < 4.78 is 4.68. The third-order valence-electron chi connectivity index (χ3n) is 3.39. The molecule has 0 fully saturated rings. The molecule has 1 amide bonds. The van der Waals surface area contributed by atoms with Crippen LogP contribution in [-0.4, -0.2) is 24.2 Å². The van der Waals surface area contributed by atoms with Crippen LogP contribution in [0.2, 0.25) is 10.0 Å². The van der Waals surface area contributed by atoms with Crippen LogP contribution in [-0.2, 0) is 9.53 Å². The predicted octanol–water partition coefficient (Wildman–Crippen LogP) is 5.29. The highest BCUT2D eigenvalue weighted by Gasteiger charge is 2.19. The van der Waals surface area contributed by atoms with Crippen LogP contribution in [0.3, 0.4) is 0 Å². The molecule has 0 unspecified atom stereocenters. The topological polar surface area (TPSA) is 55.4 Å². The fraction of sp³-hybridized carbons (Fsp3) is 0.222. The van der Waals surface area contributed by atoms with Gasteiger partial charge in [-0.1, -0.05) is 30.1 Å². The van der Waals surface area contributed by atoms with Crippen LogP contribution < -0.4 is 5.32 Å². The van der Waals surface area contributed by atoms with Gasteiger partial charge < -0.3 is 10.1 Å². The van der Waals surface area contributed by atoms with Crippen molar-refractivity contribution in [2.45, 2.75) is 23.5 Å². The predicted molar refractivity (Wildman–Crippen MR) is 103 cm³/mol. The molecule has 7 heteroatoms. The fourth-order valence-electron chi connectivity index (χ4n) is 2.09. The van der Waals surface area contributed by atoms with E-state index in [2.05, 4.69) is 10.1 Å². The largest absolute Gasteiger partial charge is 0.465 e. The maximum atomic E-state index is 12.5. The SMILES string of the molecule is CC[C@@H](Sc1ccc(Cl)cc1)C(=O)Nc1ccc(Cl)c(C(=O)OC)c1. The average Bonchev–Trinajstić information content (AvgIpc) is 2.62. The van der Waals surface area contributed by atoms with E-state index in [1.54, 1.807) is 24.3 Å². The third-order valence-corrected chi connectivity index (χ3v) is 5.35. The number of methoxy groups -OCH3 is 1. The van der Waals surface area contributed by atoms with Crippen LogP contribution >= 0.6 is 35.0 Å². The lowest BCUT2D eigenvalue weighted by atomic mass is 10.2. The number of hydrogen-bond acceptors (Lipinski definition) is 4. The summed E-state index contributed by atoms with van der Waals surface area (Å²) in [5.74, 6) is -0.704. The standard InChI is InChI=1S/C18H17Cl2NO3S/c1-3-16(25-13-7-4-11(19)5-8-13)17(22)21-12-6-9-15(20)14(10-12)18(23)24-2/h4-10,16H,3H2,1-2H3,(H,21,22)/t16-/m1/s1. The highest BCUT2D eigenvalue weighted by atomic mass is 35.5. The smallest absolute Gasteiger partial charge is 0.339 e. The average molecular weight is 398 g/mol. The zero-order chi connectivity index (χ0) is 18.4. The zero-order valence-electron chi connectivity index (χ0n) is 13.7. The minimum Gasteiger partial charge on any atom is -0.465 e. The molecular formula is C18H17Cl2NO3S. The summed E-state index contributed by atoms with van der Waals surface area (Å²) in [6, 6.07) is 12.0. The van der Waals surface area contributed by atoms with Crippen molar-refractivity contribution in [3.05, 3.63) is 58.1 Å². The molecule has 0 spiro atoms. The van der Waals surface area contributed by atoms with Crippen LogP contribution in [0.15, 0.2) is 47.4 Å². The third kappa shape index (κ3) is 5.39. The van der Waals surface area contributed by atoms with Gasteiger partial charge in [0.1, 0.15) is 0 Å². The Morgan fingerprint density at radius 1 is 1.16 bits per heavy atom. The van der Waals surface area contributed by atoms with E-state index in [0.717, 1.165) is 4.90 Å². The number of carbonyl (C=O) groups is 2. The molecule has 0 heterocycles. The Morgan fingerprint density at radius 2 is 1.84 bits per heavy atom. The number of anilines is 1. The monoisotopic (exact) mass is 397 g/mol. The van der Waals surface area contributed by atoms with Crippen molar-refractivity contribution >= 4 is 52.5 Å². The van der Waals surface area contributed by atoms with E-state index in [-0.39, 0.29) is 21.7 Å². The number of carbonyl (C=O) groups excluding carboxylic acids is 2. The van der Waals surface area contributed by atoms with Gasteiger partial charge in [0.15, 0.2) is 0 Å². The summed E-state index contributed by atoms with van der Waals surface area (Å²) in [6.45, 7) is 1.94. The van der Waals surface area contributed by atoms with E-state index >= 15 is 0 Å². The van der Waals surface area contributed by atoms with Gasteiger partial charge in [-0.3, -0.25) is 4.79 Å². The van der Waals surface area contributed by atoms with Gasteiger partial charge in [0, 0.05) is 15.6 Å². The molecule has 0 aliphatic heterocycles. The first kappa shape index (κ1) is 19.6. The number of amides is 1. The molecular weight excluding hydrogens is 381 g/mol. The Hall–Kier alpha value is -1.69. The van der Waals surface area contributed by atoms with Crippen molar-refractivity contribution in [2.24, 2.45) is 0 Å². The zero-order valence-corrected chi connectivity index (χ0v) is 16.0. The van der Waals surface area contributed by atoms with Crippen molar-refractivity contribution in [3.63, 3.8) is 0 Å². The van der Waals surface area contributed by atoms with E-state index in [9.17, 15) is 9.59 Å². The maximum absolute atomic E-state index is 12.5. The van der Waals surface area contributed by atoms with E-state index in [1.165, 1.54) is 24.9 Å². The summed E-state index contributed by atoms with van der Waals surface area (Å²) in [6.07, 6.45) is 0.649. The lowest BCUT2D eigenvalue weighted by molar-refractivity contribution is -0.115. The number of nitrogens with one attached hydrogen (secondary N) is 1. The normalized spacial score (nSPS) is 11.7. The van der Waals surface area contributed by atoms with Crippen molar-refractivity contribution in [1.82, 2.24) is 0 Å². The summed E-state index contributed by atoms with van der Waals surface area (Å²) in [5, 5.41) is 3.46. The van der Waals surface area contributed by atoms with Crippen molar-refractivity contribution < 1.29 is 14.3 Å². The Bertz CT molecular complexity index is 765. The Morgan fingerprint density at radius 3 is 2.44 bits per heavy atom. The number of esters is 1. The van der Waals surface area contributed by atoms with E-state index in [0.29, 0.717) is 17.1 Å². The molecule has 0 aliphatic carbocycles. The second kappa shape index (κ2) is 9.13. The van der Waals surface area contributed by atoms with Gasteiger partial charge in [0.05, 0.1) is 22.9 Å². The van der Waals surface area contributed by atoms with Gasteiger partial charge in [0.2, 0.25) is 5.91 Å². The quantitative estimate of drug-likeness (QED) is 0.531. The molecule has 0 aromatic heterocycles. The van der Waals surface area contributed by atoms with Gasteiger partial charge in [-0.15, -0.1) is 11.8 Å². The summed E-state index contributed by atoms with van der Waals surface area (Å²) in [4.78, 5) is 25.2. The number of halogens is 2. The highest BCUT2D eigenvalue weighted by molar-refractivity contribution is 8.00. The van der Waals surface area contributed by atoms with Crippen LogP contribution in [0.25, 0.3) is 0 Å². The molecule has 132 valence electrons. The van der Waals surface area contributed by atoms with E-state index in [4.69, 9.17) is 23.2 Å². The molecule has 4 nitrogen and oxygen atoms in total. The minimum atomic E-state index is -0.552. The maximum Gasteiger partial charge on any atom is 0.339 e. The van der Waals surface area contributed by atoms with Gasteiger partial charge >= 0.3 is 5.97 Å². The van der Waals surface area contributed by atoms with Crippen LogP contribution in [0.5, 0.6) is 0 Å². The molecule has 2 aromatic carbocycles. The first-order valence-electron chi connectivity index (χ1n) is 7.55. The summed E-state index contributed by atoms with van der Waals surface area (Å²) in [5.41, 5.74) is 0.699. The van der Waals surface area contributed by atoms with E-state index < -0.39 is 5.97 Å². The number of thioether (sulfide) groups is 1. The summed E-state index contributed by atoms with van der Waals surface area (Å²) >= 11 is 13.3. The molecule has 0 radical (unpaired) electrons. The number of ether oxygens (including phenoxy) is 1. The lowest BCUT2D eigenvalue weighted by Crippen LogP contribution is -2.24. The number of benzene rings is 2. The number of hydrogen-bond donors (Lipinski definition) is 1. The fourth-order valence-corrected chi connectivity index (χ4v) is 3.37. The molecule has 2 aromatic rings. The second-order valence-corrected chi connectivity index (χ2v) is 7.26. The van der Waals surface area contributed by atoms with Crippen LogP contribution in [0.1, 0.15) is 23.7 Å². The molecule has 25 heavy (non-hydrogen) atoms. The Balaban J connectivity index is 2.11. The molecule has 0 aliphatic rings. The van der Waals surface area contributed by atoms with Gasteiger partial charge in [-0.05, 0) is 48.9 Å². The van der Waals surface area contributed by atoms with Crippen molar-refractivity contribution in [2.75, 3.05) is 12.4 Å². The molecule has 0 bridgehead atoms. The highest BCUT2D eigenvalue weighted by Crippen LogP contribution is 2.28. The van der Waals surface area contributed by atoms with Crippen LogP contribution in [0, 0.1) is 0 Å².